The van der Waals surface area contributed by atoms with Crippen LogP contribution in [0.25, 0.3) is 0 Å². The van der Waals surface area contributed by atoms with Crippen LogP contribution in [-0.2, 0) is 0 Å². The van der Waals surface area contributed by atoms with Crippen molar-refractivity contribution < 1.29 is 0 Å². The van der Waals surface area contributed by atoms with Gasteiger partial charge in [-0.25, -0.2) is 0 Å². The van der Waals surface area contributed by atoms with E-state index < -0.39 is 0 Å². The maximum Gasteiger partial charge on any atom is 0.151 e. The van der Waals surface area contributed by atoms with Crippen LogP contribution in [0.1, 0.15) is 25.7 Å². The van der Waals surface area contributed by atoms with Gasteiger partial charge < -0.3 is 11.5 Å². The molecule has 1 aliphatic carbocycles. The van der Waals surface area contributed by atoms with Crippen LogP contribution in [0.15, 0.2) is 0 Å². The van der Waals surface area contributed by atoms with Crippen LogP contribution < -0.4 is 11.5 Å². The molecule has 0 spiro atoms. The van der Waals surface area contributed by atoms with Crippen LogP contribution >= 0.6 is 23.5 Å². The molecule has 0 radical (unpaired) electrons. The highest BCUT2D eigenvalue weighted by atomic mass is 32.2. The first-order valence-electron chi connectivity index (χ1n) is 5.51. The Bertz CT molecular complexity index is 227. The fourth-order valence-electron chi connectivity index (χ4n) is 2.02. The smallest absolute Gasteiger partial charge is 0.151 e. The number of thioether (sulfide) groups is 2. The van der Waals surface area contributed by atoms with Crippen LogP contribution in [0.4, 0.5) is 0 Å². The van der Waals surface area contributed by atoms with E-state index in [2.05, 4.69) is 0 Å². The average molecular weight is 260 g/mol. The Labute approximate surface area is 105 Å². The zero-order valence-corrected chi connectivity index (χ0v) is 11.0. The minimum Gasteiger partial charge on any atom is -0.379 e. The van der Waals surface area contributed by atoms with Gasteiger partial charge in [-0.1, -0.05) is 23.5 Å². The van der Waals surface area contributed by atoms with Crippen LogP contribution in [0.2, 0.25) is 0 Å². The Hall–Kier alpha value is -0.360. The molecule has 1 rings (SSSR count). The summed E-state index contributed by atoms with van der Waals surface area (Å²) in [6, 6.07) is 0. The first kappa shape index (κ1) is 13.7. The number of hydrogen-bond acceptors (Lipinski definition) is 4. The van der Waals surface area contributed by atoms with Crippen LogP contribution in [0, 0.1) is 22.7 Å². The summed E-state index contributed by atoms with van der Waals surface area (Å²) in [6.45, 7) is 0. The number of rotatable bonds is 6. The molecule has 0 amide bonds. The van der Waals surface area contributed by atoms with Crippen molar-refractivity contribution in [2.75, 3.05) is 11.5 Å². The monoisotopic (exact) mass is 260 g/mol. The molecule has 1 saturated carbocycles. The highest BCUT2D eigenvalue weighted by Crippen LogP contribution is 2.39. The molecule has 0 heterocycles. The van der Waals surface area contributed by atoms with Gasteiger partial charge in [-0.15, -0.1) is 0 Å². The molecule has 0 saturated heterocycles. The Kier molecular flexibility index (Phi) is 6.05. The summed E-state index contributed by atoms with van der Waals surface area (Å²) in [4.78, 5) is 0. The molecule has 0 aromatic carbocycles. The quantitative estimate of drug-likeness (QED) is 0.434. The standard InChI is InChI=1S/C10H20N4S2/c11-9(12)15-3-1-7-5-8(6-7)2-4-16-10(13)14/h7-8H,1-6H2,(H3,11,12)(H3,13,14)/t7-,8+. The maximum absolute atomic E-state index is 7.09. The predicted molar refractivity (Wildman–Crippen MR) is 74.2 cm³/mol. The third-order valence-corrected chi connectivity index (χ3v) is 4.40. The molecule has 16 heavy (non-hydrogen) atoms. The van der Waals surface area contributed by atoms with Gasteiger partial charge in [0.2, 0.25) is 0 Å². The number of hydrogen-bond donors (Lipinski definition) is 4. The molecule has 0 bridgehead atoms. The van der Waals surface area contributed by atoms with Crippen molar-refractivity contribution in [2.24, 2.45) is 23.3 Å². The lowest BCUT2D eigenvalue weighted by atomic mass is 9.72. The van der Waals surface area contributed by atoms with Crippen LogP contribution in [-0.4, -0.2) is 21.8 Å². The molecule has 1 fully saturated rings. The van der Waals surface area contributed by atoms with Gasteiger partial charge in [-0.3, -0.25) is 10.8 Å². The minimum absolute atomic E-state index is 0.230. The molecule has 92 valence electrons. The molecule has 0 atom stereocenters. The Morgan fingerprint density at radius 1 is 0.938 bits per heavy atom. The van der Waals surface area contributed by atoms with Crippen molar-refractivity contribution in [3.8, 4) is 0 Å². The molecule has 6 N–H and O–H groups in total. The average Bonchev–Trinajstić information content (AvgIpc) is 2.11. The van der Waals surface area contributed by atoms with Crippen LogP contribution in [0.3, 0.4) is 0 Å². The van der Waals surface area contributed by atoms with E-state index >= 15 is 0 Å². The summed E-state index contributed by atoms with van der Waals surface area (Å²) < 4.78 is 0. The fraction of sp³-hybridized carbons (Fsp3) is 0.800. The first-order valence-corrected chi connectivity index (χ1v) is 7.48. The second-order valence-corrected chi connectivity index (χ2v) is 6.48. The van der Waals surface area contributed by atoms with Gasteiger partial charge in [0.15, 0.2) is 10.3 Å². The summed E-state index contributed by atoms with van der Waals surface area (Å²) in [5.41, 5.74) is 10.5. The number of nitrogens with two attached hydrogens (primary N) is 2. The third-order valence-electron chi connectivity index (χ3n) is 2.90. The SMILES string of the molecule is N=C(N)SCC[C@H]1C[C@@H](CCSC(=N)N)C1. The summed E-state index contributed by atoms with van der Waals surface area (Å²) >= 11 is 2.89. The molecular formula is C10H20N4S2. The first-order chi connectivity index (χ1) is 7.58. The molecule has 0 unspecified atom stereocenters. The maximum atomic E-state index is 7.09. The molecule has 0 aliphatic heterocycles. The number of amidine groups is 2. The second-order valence-electron chi connectivity index (χ2n) is 4.21. The molecule has 6 heteroatoms. The van der Waals surface area contributed by atoms with Crippen molar-refractivity contribution in [3.05, 3.63) is 0 Å². The molecule has 0 aromatic rings. The summed E-state index contributed by atoms with van der Waals surface area (Å²) in [5.74, 6) is 3.63. The van der Waals surface area contributed by atoms with Gasteiger partial charge in [-0.2, -0.15) is 0 Å². The largest absolute Gasteiger partial charge is 0.379 e. The Balaban J connectivity index is 1.92. The van der Waals surface area contributed by atoms with Gasteiger partial charge in [0, 0.05) is 11.5 Å². The van der Waals surface area contributed by atoms with E-state index in [1.807, 2.05) is 0 Å². The van der Waals surface area contributed by atoms with E-state index in [4.69, 9.17) is 22.3 Å². The van der Waals surface area contributed by atoms with Crippen molar-refractivity contribution in [3.63, 3.8) is 0 Å². The molecule has 4 nitrogen and oxygen atoms in total. The van der Waals surface area contributed by atoms with E-state index in [0.717, 1.165) is 23.3 Å². The van der Waals surface area contributed by atoms with Gasteiger partial charge in [0.25, 0.3) is 0 Å². The molecular weight excluding hydrogens is 240 g/mol. The van der Waals surface area contributed by atoms with E-state index in [1.54, 1.807) is 0 Å². The molecule has 0 aromatic heterocycles. The third kappa shape index (κ3) is 5.65. The summed E-state index contributed by atoms with van der Waals surface area (Å²) in [7, 11) is 0. The van der Waals surface area contributed by atoms with Gasteiger partial charge in [-0.05, 0) is 37.5 Å². The lowest BCUT2D eigenvalue weighted by molar-refractivity contribution is 0.185. The van der Waals surface area contributed by atoms with E-state index in [-0.39, 0.29) is 10.3 Å². The fourth-order valence-corrected chi connectivity index (χ4v) is 3.36. The van der Waals surface area contributed by atoms with Gasteiger partial charge >= 0.3 is 0 Å². The zero-order chi connectivity index (χ0) is 12.0. The van der Waals surface area contributed by atoms with E-state index in [9.17, 15) is 0 Å². The lowest BCUT2D eigenvalue weighted by Crippen LogP contribution is -2.25. The zero-order valence-electron chi connectivity index (χ0n) is 9.37. The van der Waals surface area contributed by atoms with Crippen LogP contribution in [0.5, 0.6) is 0 Å². The van der Waals surface area contributed by atoms with Gasteiger partial charge in [0.1, 0.15) is 0 Å². The number of nitrogens with one attached hydrogen (secondary N) is 2. The molecule has 1 aliphatic rings. The lowest BCUT2D eigenvalue weighted by Gasteiger charge is -2.35. The van der Waals surface area contributed by atoms with E-state index in [0.29, 0.717) is 0 Å². The van der Waals surface area contributed by atoms with Crippen molar-refractivity contribution in [2.45, 2.75) is 25.7 Å². The van der Waals surface area contributed by atoms with Gasteiger partial charge in [0.05, 0.1) is 0 Å². The summed E-state index contributed by atoms with van der Waals surface area (Å²) in [6.07, 6.45) is 4.97. The highest BCUT2D eigenvalue weighted by Gasteiger charge is 2.28. The predicted octanol–water partition coefficient (Wildman–Crippen LogP) is 2.05. The van der Waals surface area contributed by atoms with E-state index in [1.165, 1.54) is 49.2 Å². The Morgan fingerprint density at radius 3 is 1.62 bits per heavy atom. The highest BCUT2D eigenvalue weighted by molar-refractivity contribution is 8.13. The minimum atomic E-state index is 0.230. The summed E-state index contributed by atoms with van der Waals surface area (Å²) in [5, 5.41) is 14.6. The Morgan fingerprint density at radius 2 is 1.31 bits per heavy atom. The van der Waals surface area contributed by atoms with Crippen molar-refractivity contribution >= 4 is 33.9 Å². The van der Waals surface area contributed by atoms with Crippen molar-refractivity contribution in [1.29, 1.82) is 10.8 Å². The second kappa shape index (κ2) is 7.06. The van der Waals surface area contributed by atoms with Crippen molar-refractivity contribution in [1.82, 2.24) is 0 Å². The normalized spacial score (nSPS) is 23.8. The topological polar surface area (TPSA) is 99.7 Å².